The Balaban J connectivity index is 1.86. The van der Waals surface area contributed by atoms with E-state index in [1.807, 2.05) is 0 Å². The second-order valence-corrected chi connectivity index (χ2v) is 7.65. The van der Waals surface area contributed by atoms with Gasteiger partial charge in [-0.25, -0.2) is 13.8 Å². The van der Waals surface area contributed by atoms with Crippen molar-refractivity contribution < 1.29 is 18.3 Å². The van der Waals surface area contributed by atoms with Crippen molar-refractivity contribution in [2.75, 3.05) is 6.61 Å². The van der Waals surface area contributed by atoms with Crippen LogP contribution in [0, 0.1) is 29.4 Å². The molecule has 1 fully saturated rings. The SMILES string of the molecule is C#CCOc1ccc(Cc2cc(F)cc(F)c2)nc1C(=O)NC1CCC1(C)C. The minimum atomic E-state index is -0.658. The summed E-state index contributed by atoms with van der Waals surface area (Å²) in [4.78, 5) is 17.2. The van der Waals surface area contributed by atoms with Gasteiger partial charge in [-0.2, -0.15) is 0 Å². The quantitative estimate of drug-likeness (QED) is 0.769. The normalized spacial score (nSPS) is 17.3. The molecule has 1 aromatic heterocycles. The number of carbonyl (C=O) groups excluding carboxylic acids is 1. The lowest BCUT2D eigenvalue weighted by Crippen LogP contribution is -2.52. The van der Waals surface area contributed by atoms with E-state index in [2.05, 4.69) is 30.1 Å². The summed E-state index contributed by atoms with van der Waals surface area (Å²) in [5, 5.41) is 3.00. The average molecular weight is 384 g/mol. The third-order valence-corrected chi connectivity index (χ3v) is 5.08. The van der Waals surface area contributed by atoms with Crippen molar-refractivity contribution >= 4 is 5.91 Å². The van der Waals surface area contributed by atoms with E-state index in [1.165, 1.54) is 12.1 Å². The van der Waals surface area contributed by atoms with Crippen molar-refractivity contribution in [2.45, 2.75) is 39.2 Å². The molecule has 1 aromatic carbocycles. The fourth-order valence-corrected chi connectivity index (χ4v) is 3.27. The third-order valence-electron chi connectivity index (χ3n) is 5.08. The predicted octanol–water partition coefficient (Wildman–Crippen LogP) is 3.88. The summed E-state index contributed by atoms with van der Waals surface area (Å²) >= 11 is 0. The molecule has 1 aliphatic carbocycles. The number of rotatable bonds is 6. The summed E-state index contributed by atoms with van der Waals surface area (Å²) in [5.74, 6) is 0.973. The van der Waals surface area contributed by atoms with E-state index in [-0.39, 0.29) is 41.8 Å². The first-order chi connectivity index (χ1) is 13.3. The van der Waals surface area contributed by atoms with Gasteiger partial charge < -0.3 is 10.1 Å². The molecule has 6 heteroatoms. The summed E-state index contributed by atoms with van der Waals surface area (Å²) < 4.78 is 32.3. The van der Waals surface area contributed by atoms with Gasteiger partial charge in [0, 0.05) is 24.2 Å². The van der Waals surface area contributed by atoms with E-state index in [0.717, 1.165) is 18.9 Å². The highest BCUT2D eigenvalue weighted by atomic mass is 19.1. The van der Waals surface area contributed by atoms with Crippen LogP contribution in [0.3, 0.4) is 0 Å². The van der Waals surface area contributed by atoms with Crippen molar-refractivity contribution in [3.05, 3.63) is 58.9 Å². The molecule has 3 rings (SSSR count). The van der Waals surface area contributed by atoms with Crippen LogP contribution in [0.2, 0.25) is 0 Å². The fourth-order valence-electron chi connectivity index (χ4n) is 3.27. The van der Waals surface area contributed by atoms with Gasteiger partial charge in [-0.15, -0.1) is 6.42 Å². The van der Waals surface area contributed by atoms with E-state index in [1.54, 1.807) is 12.1 Å². The minimum absolute atomic E-state index is 0.00529. The molecule has 0 saturated heterocycles. The van der Waals surface area contributed by atoms with Gasteiger partial charge >= 0.3 is 0 Å². The standard InChI is InChI=1S/C22H22F2N2O2/c1-4-9-28-18-6-5-17(12-14-10-15(23)13-16(24)11-14)25-20(18)21(27)26-19-7-8-22(19,2)3/h1,5-6,10-11,13,19H,7-9,12H2,2-3H3,(H,26,27). The van der Waals surface area contributed by atoms with Gasteiger partial charge in [-0.1, -0.05) is 19.8 Å². The number of hydrogen-bond acceptors (Lipinski definition) is 3. The Hall–Kier alpha value is -2.94. The number of benzene rings is 1. The molecular formula is C22H22F2N2O2. The predicted molar refractivity (Wildman–Crippen MR) is 102 cm³/mol. The first-order valence-electron chi connectivity index (χ1n) is 9.10. The molecule has 1 aliphatic rings. The second-order valence-electron chi connectivity index (χ2n) is 7.65. The van der Waals surface area contributed by atoms with Crippen molar-refractivity contribution in [3.8, 4) is 18.1 Å². The molecule has 1 N–H and O–H groups in total. The Morgan fingerprint density at radius 1 is 1.32 bits per heavy atom. The number of ether oxygens (including phenoxy) is 1. The van der Waals surface area contributed by atoms with Crippen molar-refractivity contribution in [2.24, 2.45) is 5.41 Å². The van der Waals surface area contributed by atoms with Crippen LogP contribution in [0.4, 0.5) is 8.78 Å². The summed E-state index contributed by atoms with van der Waals surface area (Å²) in [5.41, 5.74) is 1.07. The van der Waals surface area contributed by atoms with E-state index in [0.29, 0.717) is 11.3 Å². The number of terminal acetylenes is 1. The lowest BCUT2D eigenvalue weighted by atomic mass is 9.67. The molecule has 4 nitrogen and oxygen atoms in total. The number of hydrogen-bond donors (Lipinski definition) is 1. The topological polar surface area (TPSA) is 51.2 Å². The van der Waals surface area contributed by atoms with Crippen molar-refractivity contribution in [1.29, 1.82) is 0 Å². The molecule has 1 atom stereocenters. The van der Waals surface area contributed by atoms with Gasteiger partial charge in [0.15, 0.2) is 11.4 Å². The van der Waals surface area contributed by atoms with E-state index in [9.17, 15) is 13.6 Å². The van der Waals surface area contributed by atoms with Gasteiger partial charge in [0.2, 0.25) is 0 Å². The fraction of sp³-hybridized carbons (Fsp3) is 0.364. The first-order valence-corrected chi connectivity index (χ1v) is 9.10. The Labute approximate surface area is 163 Å². The Morgan fingerprint density at radius 3 is 2.61 bits per heavy atom. The molecule has 0 aliphatic heterocycles. The highest BCUT2D eigenvalue weighted by Gasteiger charge is 2.39. The van der Waals surface area contributed by atoms with Gasteiger partial charge in [-0.05, 0) is 48.1 Å². The van der Waals surface area contributed by atoms with Crippen LogP contribution in [0.5, 0.6) is 5.75 Å². The number of halogens is 2. The van der Waals surface area contributed by atoms with Crippen LogP contribution in [0.15, 0.2) is 30.3 Å². The average Bonchev–Trinajstić information content (AvgIpc) is 2.63. The lowest BCUT2D eigenvalue weighted by Gasteiger charge is -2.44. The summed E-state index contributed by atoms with van der Waals surface area (Å²) in [6, 6.07) is 6.61. The van der Waals surface area contributed by atoms with Gasteiger partial charge in [0.1, 0.15) is 18.2 Å². The zero-order valence-electron chi connectivity index (χ0n) is 15.9. The smallest absolute Gasteiger partial charge is 0.273 e. The van der Waals surface area contributed by atoms with Crippen LogP contribution < -0.4 is 10.1 Å². The zero-order chi connectivity index (χ0) is 20.3. The number of amides is 1. The molecule has 1 unspecified atom stereocenters. The Kier molecular flexibility index (Phi) is 5.64. The largest absolute Gasteiger partial charge is 0.478 e. The Bertz CT molecular complexity index is 914. The van der Waals surface area contributed by atoms with E-state index >= 15 is 0 Å². The molecule has 1 heterocycles. The van der Waals surface area contributed by atoms with E-state index < -0.39 is 11.6 Å². The van der Waals surface area contributed by atoms with E-state index in [4.69, 9.17) is 11.2 Å². The third kappa shape index (κ3) is 4.48. The minimum Gasteiger partial charge on any atom is -0.478 e. The molecular weight excluding hydrogens is 362 g/mol. The van der Waals surface area contributed by atoms with Crippen LogP contribution in [-0.4, -0.2) is 23.5 Å². The lowest BCUT2D eigenvalue weighted by molar-refractivity contribution is 0.0724. The molecule has 2 aromatic rings. The number of pyridine rings is 1. The second kappa shape index (κ2) is 7.97. The molecule has 0 radical (unpaired) electrons. The summed E-state index contributed by atoms with van der Waals surface area (Å²) in [6.07, 6.45) is 7.37. The number of nitrogens with zero attached hydrogens (tertiary/aromatic N) is 1. The molecule has 146 valence electrons. The van der Waals surface area contributed by atoms with Gasteiger partial charge in [0.05, 0.1) is 0 Å². The van der Waals surface area contributed by atoms with Gasteiger partial charge in [-0.3, -0.25) is 4.79 Å². The number of aromatic nitrogens is 1. The van der Waals surface area contributed by atoms with Crippen LogP contribution in [-0.2, 0) is 6.42 Å². The summed E-state index contributed by atoms with van der Waals surface area (Å²) in [6.45, 7) is 4.20. The van der Waals surface area contributed by atoms with Gasteiger partial charge in [0.25, 0.3) is 5.91 Å². The van der Waals surface area contributed by atoms with Crippen LogP contribution >= 0.6 is 0 Å². The first kappa shape index (κ1) is 19.8. The maximum absolute atomic E-state index is 13.4. The molecule has 0 bridgehead atoms. The monoisotopic (exact) mass is 384 g/mol. The Morgan fingerprint density at radius 2 is 2.04 bits per heavy atom. The highest BCUT2D eigenvalue weighted by molar-refractivity contribution is 5.95. The maximum Gasteiger partial charge on any atom is 0.273 e. The highest BCUT2D eigenvalue weighted by Crippen LogP contribution is 2.40. The van der Waals surface area contributed by atoms with Crippen LogP contribution in [0.25, 0.3) is 0 Å². The zero-order valence-corrected chi connectivity index (χ0v) is 15.9. The molecule has 0 spiro atoms. The number of nitrogens with one attached hydrogen (secondary N) is 1. The molecule has 28 heavy (non-hydrogen) atoms. The maximum atomic E-state index is 13.4. The summed E-state index contributed by atoms with van der Waals surface area (Å²) in [7, 11) is 0. The van der Waals surface area contributed by atoms with Crippen molar-refractivity contribution in [1.82, 2.24) is 10.3 Å². The molecule has 1 saturated carbocycles. The van der Waals surface area contributed by atoms with Crippen LogP contribution in [0.1, 0.15) is 48.4 Å². The number of carbonyl (C=O) groups is 1. The molecule has 1 amide bonds. The van der Waals surface area contributed by atoms with Crippen molar-refractivity contribution in [3.63, 3.8) is 0 Å².